The summed E-state index contributed by atoms with van der Waals surface area (Å²) in [6.07, 6.45) is 7.19. The van der Waals surface area contributed by atoms with Gasteiger partial charge in [-0.3, -0.25) is 9.97 Å². The summed E-state index contributed by atoms with van der Waals surface area (Å²) in [5.74, 6) is 0.757. The minimum absolute atomic E-state index is 0.757. The molecule has 0 bridgehead atoms. The summed E-state index contributed by atoms with van der Waals surface area (Å²) in [5.41, 5.74) is 5.39. The van der Waals surface area contributed by atoms with Gasteiger partial charge in [-0.15, -0.1) is 0 Å². The summed E-state index contributed by atoms with van der Waals surface area (Å²) in [5, 5.41) is 1.16. The Kier molecular flexibility index (Phi) is 3.27. The van der Waals surface area contributed by atoms with Gasteiger partial charge in [0.2, 0.25) is 0 Å². The number of nitrogens with zero attached hydrogens (tertiary/aromatic N) is 2. The highest BCUT2D eigenvalue weighted by molar-refractivity contribution is 5.89. The molecule has 4 rings (SSSR count). The van der Waals surface area contributed by atoms with Crippen LogP contribution >= 0.6 is 0 Å². The lowest BCUT2D eigenvalue weighted by atomic mass is 10.1. The smallest absolute Gasteiger partial charge is 0.137 e. The Bertz CT molecular complexity index is 961. The first-order valence-electron chi connectivity index (χ1n) is 7.36. The largest absolute Gasteiger partial charge is 0.495 e. The third-order valence-electron chi connectivity index (χ3n) is 3.88. The van der Waals surface area contributed by atoms with E-state index in [4.69, 9.17) is 4.74 Å². The summed E-state index contributed by atoms with van der Waals surface area (Å²) >= 11 is 0. The van der Waals surface area contributed by atoms with Gasteiger partial charge in [-0.05, 0) is 42.0 Å². The van der Waals surface area contributed by atoms with Gasteiger partial charge in [-0.1, -0.05) is 6.07 Å². The number of ether oxygens (including phenoxy) is 1. The van der Waals surface area contributed by atoms with Crippen LogP contribution in [0.4, 0.5) is 0 Å². The number of hydrogen-bond donors (Lipinski definition) is 1. The molecule has 1 aromatic carbocycles. The van der Waals surface area contributed by atoms with E-state index in [0.717, 1.165) is 39.0 Å². The van der Waals surface area contributed by atoms with E-state index in [1.807, 2.05) is 30.6 Å². The van der Waals surface area contributed by atoms with Gasteiger partial charge < -0.3 is 9.72 Å². The fourth-order valence-electron chi connectivity index (χ4n) is 2.68. The second kappa shape index (κ2) is 5.57. The lowest BCUT2D eigenvalue weighted by molar-refractivity contribution is 0.413. The van der Waals surface area contributed by atoms with Gasteiger partial charge in [0.25, 0.3) is 0 Å². The highest BCUT2D eigenvalue weighted by Crippen LogP contribution is 2.29. The van der Waals surface area contributed by atoms with Crippen LogP contribution in [0.5, 0.6) is 5.75 Å². The van der Waals surface area contributed by atoms with Gasteiger partial charge >= 0.3 is 0 Å². The Labute approximate surface area is 133 Å². The molecule has 0 radical (unpaired) electrons. The molecule has 0 atom stereocenters. The van der Waals surface area contributed by atoms with Crippen LogP contribution in [0.1, 0.15) is 0 Å². The van der Waals surface area contributed by atoms with E-state index in [1.165, 1.54) is 0 Å². The molecule has 0 amide bonds. The van der Waals surface area contributed by atoms with Crippen LogP contribution in [0, 0.1) is 0 Å². The number of benzene rings is 1. The van der Waals surface area contributed by atoms with Gasteiger partial charge in [-0.2, -0.15) is 0 Å². The summed E-state index contributed by atoms with van der Waals surface area (Å²) in [6, 6.07) is 14.4. The molecule has 3 heterocycles. The van der Waals surface area contributed by atoms with Crippen molar-refractivity contribution < 1.29 is 4.74 Å². The predicted octanol–water partition coefficient (Wildman–Crippen LogP) is 4.30. The van der Waals surface area contributed by atoms with Crippen molar-refractivity contribution in [2.45, 2.75) is 0 Å². The van der Waals surface area contributed by atoms with E-state index in [0.29, 0.717) is 0 Å². The van der Waals surface area contributed by atoms with E-state index < -0.39 is 0 Å². The Morgan fingerprint density at radius 1 is 0.870 bits per heavy atom. The fraction of sp³-hybridized carbons (Fsp3) is 0.0526. The summed E-state index contributed by atoms with van der Waals surface area (Å²) in [7, 11) is 1.65. The van der Waals surface area contributed by atoms with Crippen molar-refractivity contribution in [2.75, 3.05) is 7.11 Å². The van der Waals surface area contributed by atoms with Crippen molar-refractivity contribution in [1.29, 1.82) is 0 Å². The lowest BCUT2D eigenvalue weighted by Gasteiger charge is -2.04. The highest BCUT2D eigenvalue weighted by Gasteiger charge is 2.06. The van der Waals surface area contributed by atoms with E-state index >= 15 is 0 Å². The maximum atomic E-state index is 5.25. The van der Waals surface area contributed by atoms with Crippen molar-refractivity contribution in [2.24, 2.45) is 0 Å². The Balaban J connectivity index is 1.79. The Morgan fingerprint density at radius 2 is 1.78 bits per heavy atom. The van der Waals surface area contributed by atoms with Crippen LogP contribution in [0.2, 0.25) is 0 Å². The third kappa shape index (κ3) is 2.55. The maximum absolute atomic E-state index is 5.25. The quantitative estimate of drug-likeness (QED) is 0.614. The van der Waals surface area contributed by atoms with E-state index in [1.54, 1.807) is 19.5 Å². The first-order chi connectivity index (χ1) is 11.3. The fourth-order valence-corrected chi connectivity index (χ4v) is 2.68. The molecule has 4 aromatic rings. The normalized spacial score (nSPS) is 10.8. The number of hydrogen-bond acceptors (Lipinski definition) is 3. The second-order valence-corrected chi connectivity index (χ2v) is 5.34. The van der Waals surface area contributed by atoms with Crippen molar-refractivity contribution in [3.8, 4) is 28.1 Å². The zero-order chi connectivity index (χ0) is 15.6. The number of fused-ring (bicyclic) bond motifs is 1. The molecule has 0 unspecified atom stereocenters. The van der Waals surface area contributed by atoms with Gasteiger partial charge in [0.05, 0.1) is 13.3 Å². The Hall–Kier alpha value is -3.14. The summed E-state index contributed by atoms with van der Waals surface area (Å²) in [4.78, 5) is 11.8. The van der Waals surface area contributed by atoms with Gasteiger partial charge in [0.15, 0.2) is 0 Å². The predicted molar refractivity (Wildman–Crippen MR) is 91.3 cm³/mol. The third-order valence-corrected chi connectivity index (χ3v) is 3.88. The van der Waals surface area contributed by atoms with Crippen LogP contribution in [0.3, 0.4) is 0 Å². The zero-order valence-corrected chi connectivity index (χ0v) is 12.7. The molecule has 0 aliphatic rings. The minimum Gasteiger partial charge on any atom is -0.495 e. The van der Waals surface area contributed by atoms with Gasteiger partial charge in [-0.25, -0.2) is 0 Å². The van der Waals surface area contributed by atoms with Gasteiger partial charge in [0, 0.05) is 46.3 Å². The van der Waals surface area contributed by atoms with Crippen LogP contribution in [0.25, 0.3) is 33.3 Å². The molecular formula is C19H15N3O. The van der Waals surface area contributed by atoms with Crippen molar-refractivity contribution in [1.82, 2.24) is 15.0 Å². The molecule has 4 heteroatoms. The minimum atomic E-state index is 0.757. The molecule has 3 aromatic heterocycles. The van der Waals surface area contributed by atoms with E-state index in [9.17, 15) is 0 Å². The lowest BCUT2D eigenvalue weighted by Crippen LogP contribution is -1.86. The first-order valence-corrected chi connectivity index (χ1v) is 7.36. The van der Waals surface area contributed by atoms with Crippen molar-refractivity contribution in [3.05, 3.63) is 67.3 Å². The standard InChI is InChI=1S/C19H15N3O/c1-23-17-8-16(11-21-12-17)13-4-5-18-15(7-13)9-19(22-18)14-3-2-6-20-10-14/h2-12,22H,1H3. The molecule has 0 saturated carbocycles. The molecule has 0 fully saturated rings. The first kappa shape index (κ1) is 13.5. The topological polar surface area (TPSA) is 50.8 Å². The Morgan fingerprint density at radius 3 is 2.61 bits per heavy atom. The second-order valence-electron chi connectivity index (χ2n) is 5.34. The van der Waals surface area contributed by atoms with Crippen LogP contribution in [-0.2, 0) is 0 Å². The highest BCUT2D eigenvalue weighted by atomic mass is 16.5. The summed E-state index contributed by atoms with van der Waals surface area (Å²) in [6.45, 7) is 0. The molecular weight excluding hydrogens is 286 g/mol. The number of nitrogens with one attached hydrogen (secondary N) is 1. The molecule has 0 saturated heterocycles. The van der Waals surface area contributed by atoms with Crippen LogP contribution < -0.4 is 4.74 Å². The van der Waals surface area contributed by atoms with E-state index in [2.05, 4.69) is 39.2 Å². The molecule has 0 aliphatic heterocycles. The number of H-pyrrole nitrogens is 1. The van der Waals surface area contributed by atoms with Crippen molar-refractivity contribution in [3.63, 3.8) is 0 Å². The SMILES string of the molecule is COc1cncc(-c2ccc3[nH]c(-c4cccnc4)cc3c2)c1. The number of aromatic amines is 1. The number of aromatic nitrogens is 3. The number of rotatable bonds is 3. The molecule has 1 N–H and O–H groups in total. The van der Waals surface area contributed by atoms with Crippen molar-refractivity contribution >= 4 is 10.9 Å². The molecule has 0 spiro atoms. The molecule has 4 nitrogen and oxygen atoms in total. The van der Waals surface area contributed by atoms with E-state index in [-0.39, 0.29) is 0 Å². The maximum Gasteiger partial charge on any atom is 0.137 e. The summed E-state index contributed by atoms with van der Waals surface area (Å²) < 4.78 is 5.25. The monoisotopic (exact) mass is 301 g/mol. The number of methoxy groups -OCH3 is 1. The van der Waals surface area contributed by atoms with Crippen LogP contribution in [0.15, 0.2) is 67.3 Å². The average molecular weight is 301 g/mol. The zero-order valence-electron chi connectivity index (χ0n) is 12.7. The molecule has 23 heavy (non-hydrogen) atoms. The number of pyridine rings is 2. The van der Waals surface area contributed by atoms with Gasteiger partial charge in [0.1, 0.15) is 5.75 Å². The average Bonchev–Trinajstić information content (AvgIpc) is 3.06. The molecule has 0 aliphatic carbocycles. The van der Waals surface area contributed by atoms with Crippen LogP contribution in [-0.4, -0.2) is 22.1 Å². The molecule has 112 valence electrons.